The lowest BCUT2D eigenvalue weighted by molar-refractivity contribution is -0.129. The lowest BCUT2D eigenvalue weighted by Crippen LogP contribution is -2.27. The Morgan fingerprint density at radius 2 is 2.05 bits per heavy atom. The number of carbonyl (C=O) groups is 1. The van der Waals surface area contributed by atoms with Crippen molar-refractivity contribution in [2.24, 2.45) is 0 Å². The second kappa shape index (κ2) is 6.30. The van der Waals surface area contributed by atoms with Crippen LogP contribution in [0.3, 0.4) is 0 Å². The summed E-state index contributed by atoms with van der Waals surface area (Å²) in [6.45, 7) is 0.471. The summed E-state index contributed by atoms with van der Waals surface area (Å²) in [6, 6.07) is 13.5. The highest BCUT2D eigenvalue weighted by molar-refractivity contribution is 5.78. The van der Waals surface area contributed by atoms with Crippen molar-refractivity contribution in [3.8, 4) is 5.69 Å². The Balaban J connectivity index is 1.63. The number of aromatic nitrogens is 2. The van der Waals surface area contributed by atoms with Crippen molar-refractivity contribution in [3.05, 3.63) is 72.4 Å². The van der Waals surface area contributed by atoms with Crippen LogP contribution >= 0.6 is 0 Å². The van der Waals surface area contributed by atoms with Gasteiger partial charge in [-0.1, -0.05) is 18.2 Å². The molecule has 3 rings (SSSR count). The number of rotatable bonds is 5. The highest BCUT2D eigenvalue weighted by Crippen LogP contribution is 2.10. The summed E-state index contributed by atoms with van der Waals surface area (Å²) in [6.07, 6.45) is 5.54. The van der Waals surface area contributed by atoms with Crippen LogP contribution in [0.25, 0.3) is 5.69 Å². The molecule has 0 atom stereocenters. The SMILES string of the molecule is CN(Cc1ccco1)C(=O)Cc1cnn(-c2ccccc2)c1. The average molecular weight is 295 g/mol. The Morgan fingerprint density at radius 3 is 2.77 bits per heavy atom. The zero-order valence-electron chi connectivity index (χ0n) is 12.3. The standard InChI is InChI=1S/C17H17N3O2/c1-19(13-16-8-5-9-22-16)17(21)10-14-11-18-20(12-14)15-6-3-2-4-7-15/h2-9,11-12H,10,13H2,1H3. The number of hydrogen-bond acceptors (Lipinski definition) is 3. The Kier molecular flexibility index (Phi) is 4.05. The van der Waals surface area contributed by atoms with E-state index in [1.54, 1.807) is 29.1 Å². The maximum Gasteiger partial charge on any atom is 0.227 e. The highest BCUT2D eigenvalue weighted by Gasteiger charge is 2.12. The smallest absolute Gasteiger partial charge is 0.227 e. The predicted molar refractivity (Wildman–Crippen MR) is 82.5 cm³/mol. The second-order valence-electron chi connectivity index (χ2n) is 5.13. The fourth-order valence-corrected chi connectivity index (χ4v) is 2.21. The largest absolute Gasteiger partial charge is 0.467 e. The van der Waals surface area contributed by atoms with Crippen LogP contribution in [-0.2, 0) is 17.8 Å². The van der Waals surface area contributed by atoms with Gasteiger partial charge in [0, 0.05) is 13.2 Å². The fraction of sp³-hybridized carbons (Fsp3) is 0.176. The summed E-state index contributed by atoms with van der Waals surface area (Å²) in [5.41, 5.74) is 1.87. The highest BCUT2D eigenvalue weighted by atomic mass is 16.3. The van der Waals surface area contributed by atoms with Crippen LogP contribution in [-0.4, -0.2) is 27.6 Å². The van der Waals surface area contributed by atoms with E-state index in [9.17, 15) is 4.79 Å². The molecule has 2 aromatic heterocycles. The van der Waals surface area contributed by atoms with E-state index in [1.165, 1.54) is 0 Å². The van der Waals surface area contributed by atoms with Crippen molar-refractivity contribution in [1.82, 2.24) is 14.7 Å². The molecule has 5 heteroatoms. The van der Waals surface area contributed by atoms with Crippen LogP contribution in [0.5, 0.6) is 0 Å². The molecular formula is C17H17N3O2. The third-order valence-corrected chi connectivity index (χ3v) is 3.41. The van der Waals surface area contributed by atoms with Gasteiger partial charge < -0.3 is 9.32 Å². The van der Waals surface area contributed by atoms with Crippen LogP contribution in [0.15, 0.2) is 65.5 Å². The first-order chi connectivity index (χ1) is 10.7. The minimum absolute atomic E-state index is 0.0315. The van der Waals surface area contributed by atoms with Crippen molar-refractivity contribution in [2.75, 3.05) is 7.05 Å². The molecule has 0 aliphatic carbocycles. The maximum atomic E-state index is 12.2. The van der Waals surface area contributed by atoms with Gasteiger partial charge in [-0.3, -0.25) is 4.79 Å². The summed E-state index contributed by atoms with van der Waals surface area (Å²) in [5.74, 6) is 0.805. The van der Waals surface area contributed by atoms with Crippen molar-refractivity contribution < 1.29 is 9.21 Å². The molecule has 2 heterocycles. The van der Waals surface area contributed by atoms with Crippen molar-refractivity contribution >= 4 is 5.91 Å². The first-order valence-corrected chi connectivity index (χ1v) is 7.08. The number of para-hydroxylation sites is 1. The van der Waals surface area contributed by atoms with E-state index < -0.39 is 0 Å². The van der Waals surface area contributed by atoms with Gasteiger partial charge in [-0.05, 0) is 29.8 Å². The van der Waals surface area contributed by atoms with Gasteiger partial charge >= 0.3 is 0 Å². The van der Waals surface area contributed by atoms with Crippen molar-refractivity contribution in [3.63, 3.8) is 0 Å². The first-order valence-electron chi connectivity index (χ1n) is 7.08. The molecule has 0 saturated heterocycles. The molecule has 1 aromatic carbocycles. The Labute approximate surface area is 128 Å². The van der Waals surface area contributed by atoms with Crippen LogP contribution in [0.2, 0.25) is 0 Å². The normalized spacial score (nSPS) is 10.6. The van der Waals surface area contributed by atoms with Gasteiger partial charge in [0.2, 0.25) is 5.91 Å². The molecule has 0 aliphatic heterocycles. The molecule has 0 fully saturated rings. The van der Waals surface area contributed by atoms with E-state index in [-0.39, 0.29) is 5.91 Å². The maximum absolute atomic E-state index is 12.2. The number of hydrogen-bond donors (Lipinski definition) is 0. The van der Waals surface area contributed by atoms with Gasteiger partial charge in [0.25, 0.3) is 0 Å². The van der Waals surface area contributed by atoms with Gasteiger partial charge in [0.15, 0.2) is 0 Å². The van der Waals surface area contributed by atoms with Gasteiger partial charge in [-0.15, -0.1) is 0 Å². The van der Waals surface area contributed by atoms with Crippen molar-refractivity contribution in [1.29, 1.82) is 0 Å². The molecule has 0 bridgehead atoms. The number of carbonyl (C=O) groups excluding carboxylic acids is 1. The van der Waals surface area contributed by atoms with E-state index >= 15 is 0 Å². The molecular weight excluding hydrogens is 278 g/mol. The van der Waals surface area contributed by atoms with E-state index in [0.29, 0.717) is 13.0 Å². The van der Waals surface area contributed by atoms with E-state index in [2.05, 4.69) is 5.10 Å². The molecule has 5 nitrogen and oxygen atoms in total. The monoisotopic (exact) mass is 295 g/mol. The Hall–Kier alpha value is -2.82. The van der Waals surface area contributed by atoms with Gasteiger partial charge in [0.1, 0.15) is 5.76 Å². The lowest BCUT2D eigenvalue weighted by atomic mass is 10.2. The molecule has 0 N–H and O–H groups in total. The van der Waals surface area contributed by atoms with E-state index in [0.717, 1.165) is 17.0 Å². The van der Waals surface area contributed by atoms with E-state index in [4.69, 9.17) is 4.42 Å². The quantitative estimate of drug-likeness (QED) is 0.727. The summed E-state index contributed by atoms with van der Waals surface area (Å²) >= 11 is 0. The van der Waals surface area contributed by atoms with Crippen molar-refractivity contribution in [2.45, 2.75) is 13.0 Å². The van der Waals surface area contributed by atoms with E-state index in [1.807, 2.05) is 48.7 Å². The summed E-state index contributed by atoms with van der Waals surface area (Å²) in [7, 11) is 1.77. The molecule has 1 amide bonds. The van der Waals surface area contributed by atoms with Gasteiger partial charge in [-0.25, -0.2) is 4.68 Å². The molecule has 0 unspecified atom stereocenters. The molecule has 3 aromatic rings. The molecule has 0 saturated carbocycles. The molecule has 22 heavy (non-hydrogen) atoms. The number of likely N-dealkylation sites (N-methyl/N-ethyl adjacent to an activating group) is 1. The minimum atomic E-state index is 0.0315. The van der Waals surface area contributed by atoms with Crippen LogP contribution in [0.1, 0.15) is 11.3 Å². The lowest BCUT2D eigenvalue weighted by Gasteiger charge is -2.14. The third kappa shape index (κ3) is 3.25. The third-order valence-electron chi connectivity index (χ3n) is 3.41. The summed E-state index contributed by atoms with van der Waals surface area (Å²) < 4.78 is 7.03. The second-order valence-corrected chi connectivity index (χ2v) is 5.13. The summed E-state index contributed by atoms with van der Waals surface area (Å²) in [4.78, 5) is 13.9. The fourth-order valence-electron chi connectivity index (χ4n) is 2.21. The number of furan rings is 1. The summed E-state index contributed by atoms with van der Waals surface area (Å²) in [5, 5.41) is 4.30. The molecule has 112 valence electrons. The zero-order valence-corrected chi connectivity index (χ0v) is 12.3. The predicted octanol–water partition coefficient (Wildman–Crippen LogP) is 2.67. The topological polar surface area (TPSA) is 51.3 Å². The number of amides is 1. The Bertz CT molecular complexity index is 732. The first kappa shape index (κ1) is 14.1. The van der Waals surface area contributed by atoms with Gasteiger partial charge in [-0.2, -0.15) is 5.10 Å². The average Bonchev–Trinajstić information content (AvgIpc) is 3.20. The minimum Gasteiger partial charge on any atom is -0.467 e. The molecule has 0 aliphatic rings. The Morgan fingerprint density at radius 1 is 1.23 bits per heavy atom. The zero-order chi connectivity index (χ0) is 15.4. The molecule has 0 spiro atoms. The number of nitrogens with zero attached hydrogens (tertiary/aromatic N) is 3. The van der Waals surface area contributed by atoms with Gasteiger partial charge in [0.05, 0.1) is 31.1 Å². The molecule has 0 radical (unpaired) electrons. The van der Waals surface area contributed by atoms with Crippen LogP contribution in [0, 0.1) is 0 Å². The van der Waals surface area contributed by atoms with Crippen LogP contribution < -0.4 is 0 Å². The van der Waals surface area contributed by atoms with Crippen LogP contribution in [0.4, 0.5) is 0 Å². The number of benzene rings is 1.